The van der Waals surface area contributed by atoms with Crippen LogP contribution in [0.5, 0.6) is 5.75 Å². The Kier molecular flexibility index (Phi) is 6.54. The Morgan fingerprint density at radius 3 is 2.71 bits per heavy atom. The number of rotatable bonds is 7. The minimum atomic E-state index is -0.311. The standard InChI is InChI=1S/C21H21ClN2O3S/c1-3-4-10-23-20(25)13-6-5-7-14(11-13)24-21(26)19-18(22)16-9-8-15(27-2)12-17(16)28-19/h5-9,11-12H,3-4,10H2,1-2H3,(H,23,25)(H,24,26). The molecule has 2 N–H and O–H groups in total. The van der Waals surface area contributed by atoms with E-state index in [-0.39, 0.29) is 11.8 Å². The first kappa shape index (κ1) is 20.2. The van der Waals surface area contributed by atoms with Gasteiger partial charge in [0.25, 0.3) is 11.8 Å². The molecule has 0 fully saturated rings. The summed E-state index contributed by atoms with van der Waals surface area (Å²) in [6.07, 6.45) is 1.94. The SMILES string of the molecule is CCCCNC(=O)c1cccc(NC(=O)c2sc3cc(OC)ccc3c2Cl)c1. The molecule has 7 heteroatoms. The molecule has 0 aliphatic rings. The third-order valence-electron chi connectivity index (χ3n) is 4.24. The number of nitrogens with one attached hydrogen (secondary N) is 2. The minimum absolute atomic E-state index is 0.156. The lowest BCUT2D eigenvalue weighted by Gasteiger charge is -2.08. The molecule has 0 saturated heterocycles. The zero-order valence-corrected chi connectivity index (χ0v) is 17.2. The largest absolute Gasteiger partial charge is 0.497 e. The molecule has 2 amide bonds. The zero-order chi connectivity index (χ0) is 20.1. The van der Waals surface area contributed by atoms with Crippen molar-refractivity contribution in [3.05, 3.63) is 57.9 Å². The molecule has 0 atom stereocenters. The van der Waals surface area contributed by atoms with Gasteiger partial charge in [-0.05, 0) is 42.8 Å². The zero-order valence-electron chi connectivity index (χ0n) is 15.7. The van der Waals surface area contributed by atoms with Gasteiger partial charge in [0.05, 0.1) is 12.1 Å². The number of carbonyl (C=O) groups is 2. The van der Waals surface area contributed by atoms with Gasteiger partial charge >= 0.3 is 0 Å². The molecule has 0 saturated carbocycles. The van der Waals surface area contributed by atoms with Gasteiger partial charge in [-0.25, -0.2) is 0 Å². The summed E-state index contributed by atoms with van der Waals surface area (Å²) in [5.41, 5.74) is 1.04. The predicted octanol–water partition coefficient (Wildman–Crippen LogP) is 5.35. The van der Waals surface area contributed by atoms with Gasteiger partial charge in [-0.2, -0.15) is 0 Å². The molecule has 3 rings (SSSR count). The smallest absolute Gasteiger partial charge is 0.267 e. The van der Waals surface area contributed by atoms with E-state index in [1.165, 1.54) is 11.3 Å². The number of halogens is 1. The molecule has 3 aromatic rings. The number of unbranched alkanes of at least 4 members (excludes halogenated alkanes) is 1. The molecule has 0 radical (unpaired) electrons. The van der Waals surface area contributed by atoms with E-state index in [4.69, 9.17) is 16.3 Å². The first-order valence-corrected chi connectivity index (χ1v) is 10.2. The van der Waals surface area contributed by atoms with Crippen molar-refractivity contribution in [2.24, 2.45) is 0 Å². The van der Waals surface area contributed by atoms with Crippen LogP contribution >= 0.6 is 22.9 Å². The molecule has 1 heterocycles. The summed E-state index contributed by atoms with van der Waals surface area (Å²) in [6.45, 7) is 2.70. The van der Waals surface area contributed by atoms with Gasteiger partial charge < -0.3 is 15.4 Å². The van der Waals surface area contributed by atoms with Crippen LogP contribution in [0.1, 0.15) is 39.8 Å². The van der Waals surface area contributed by atoms with Gasteiger partial charge in [-0.1, -0.05) is 31.0 Å². The third kappa shape index (κ3) is 4.46. The fraction of sp³-hybridized carbons (Fsp3) is 0.238. The van der Waals surface area contributed by atoms with E-state index in [0.29, 0.717) is 33.4 Å². The highest BCUT2D eigenvalue weighted by Gasteiger charge is 2.18. The fourth-order valence-corrected chi connectivity index (χ4v) is 4.17. The summed E-state index contributed by atoms with van der Waals surface area (Å²) in [5.74, 6) is 0.240. The van der Waals surface area contributed by atoms with Crippen LogP contribution in [0.15, 0.2) is 42.5 Å². The van der Waals surface area contributed by atoms with Crippen molar-refractivity contribution in [2.45, 2.75) is 19.8 Å². The normalized spacial score (nSPS) is 10.7. The summed E-state index contributed by atoms with van der Waals surface area (Å²) in [4.78, 5) is 25.4. The molecule has 2 aromatic carbocycles. The minimum Gasteiger partial charge on any atom is -0.497 e. The predicted molar refractivity (Wildman–Crippen MR) is 115 cm³/mol. The highest BCUT2D eigenvalue weighted by Crippen LogP contribution is 2.37. The molecule has 0 aliphatic carbocycles. The first-order chi connectivity index (χ1) is 13.5. The van der Waals surface area contributed by atoms with E-state index in [9.17, 15) is 9.59 Å². The second kappa shape index (κ2) is 9.08. The van der Waals surface area contributed by atoms with Gasteiger partial charge in [0.1, 0.15) is 10.6 Å². The van der Waals surface area contributed by atoms with Crippen molar-refractivity contribution in [2.75, 3.05) is 19.0 Å². The molecule has 0 unspecified atom stereocenters. The lowest BCUT2D eigenvalue weighted by Crippen LogP contribution is -2.24. The Morgan fingerprint density at radius 1 is 1.14 bits per heavy atom. The number of hydrogen-bond acceptors (Lipinski definition) is 4. The third-order valence-corrected chi connectivity index (χ3v) is 5.90. The number of ether oxygens (including phenoxy) is 1. The van der Waals surface area contributed by atoms with E-state index in [1.807, 2.05) is 18.2 Å². The van der Waals surface area contributed by atoms with E-state index in [0.717, 1.165) is 22.9 Å². The van der Waals surface area contributed by atoms with Crippen molar-refractivity contribution in [1.29, 1.82) is 0 Å². The van der Waals surface area contributed by atoms with Gasteiger partial charge in [-0.15, -0.1) is 11.3 Å². The van der Waals surface area contributed by atoms with E-state index < -0.39 is 0 Å². The molecule has 0 bridgehead atoms. The van der Waals surface area contributed by atoms with Crippen LogP contribution in [0.3, 0.4) is 0 Å². The molecule has 1 aromatic heterocycles. The summed E-state index contributed by atoms with van der Waals surface area (Å²) in [7, 11) is 1.59. The average Bonchev–Trinajstić information content (AvgIpc) is 3.04. The lowest BCUT2D eigenvalue weighted by molar-refractivity contribution is 0.0951. The molecule has 28 heavy (non-hydrogen) atoms. The van der Waals surface area contributed by atoms with Crippen LogP contribution in [0, 0.1) is 0 Å². The number of benzene rings is 2. The Hall–Kier alpha value is -2.57. The van der Waals surface area contributed by atoms with Crippen LogP contribution in [-0.4, -0.2) is 25.5 Å². The molecule has 0 spiro atoms. The van der Waals surface area contributed by atoms with Crippen molar-refractivity contribution in [3.63, 3.8) is 0 Å². The van der Waals surface area contributed by atoms with Crippen LogP contribution < -0.4 is 15.4 Å². The van der Waals surface area contributed by atoms with Crippen molar-refractivity contribution in [3.8, 4) is 5.75 Å². The average molecular weight is 417 g/mol. The van der Waals surface area contributed by atoms with Crippen molar-refractivity contribution >= 4 is 50.5 Å². The maximum Gasteiger partial charge on any atom is 0.267 e. The van der Waals surface area contributed by atoms with Gasteiger partial charge in [0.15, 0.2) is 0 Å². The number of thiophene rings is 1. The summed E-state index contributed by atoms with van der Waals surface area (Å²) in [6, 6.07) is 12.4. The lowest BCUT2D eigenvalue weighted by atomic mass is 10.2. The number of amides is 2. The highest BCUT2D eigenvalue weighted by atomic mass is 35.5. The molecule has 5 nitrogen and oxygen atoms in total. The number of anilines is 1. The molecule has 146 valence electrons. The highest BCUT2D eigenvalue weighted by molar-refractivity contribution is 7.21. The molecule has 0 aliphatic heterocycles. The summed E-state index contributed by atoms with van der Waals surface area (Å²) in [5, 5.41) is 6.91. The molecular weight excluding hydrogens is 396 g/mol. The Balaban J connectivity index is 1.78. The molecular formula is C21H21ClN2O3S. The van der Waals surface area contributed by atoms with E-state index >= 15 is 0 Å². The van der Waals surface area contributed by atoms with Gasteiger partial charge in [0, 0.05) is 27.9 Å². The van der Waals surface area contributed by atoms with Gasteiger partial charge in [-0.3, -0.25) is 9.59 Å². The maximum atomic E-state index is 12.7. The van der Waals surface area contributed by atoms with Crippen LogP contribution in [0.25, 0.3) is 10.1 Å². The van der Waals surface area contributed by atoms with E-state index in [1.54, 1.807) is 31.4 Å². The quantitative estimate of drug-likeness (QED) is 0.510. The van der Waals surface area contributed by atoms with Crippen molar-refractivity contribution < 1.29 is 14.3 Å². The van der Waals surface area contributed by atoms with Crippen LogP contribution in [0.4, 0.5) is 5.69 Å². The van der Waals surface area contributed by atoms with Crippen molar-refractivity contribution in [1.82, 2.24) is 5.32 Å². The Labute approximate surface area is 172 Å². The second-order valence-corrected chi connectivity index (χ2v) is 7.68. The van der Waals surface area contributed by atoms with Crippen LogP contribution in [0.2, 0.25) is 5.02 Å². The maximum absolute atomic E-state index is 12.7. The Bertz CT molecular complexity index is 1020. The number of fused-ring (bicyclic) bond motifs is 1. The summed E-state index contributed by atoms with van der Waals surface area (Å²) >= 11 is 7.71. The number of carbonyl (C=O) groups excluding carboxylic acids is 2. The fourth-order valence-electron chi connectivity index (χ4n) is 2.73. The second-order valence-electron chi connectivity index (χ2n) is 6.25. The van der Waals surface area contributed by atoms with Gasteiger partial charge in [0.2, 0.25) is 0 Å². The summed E-state index contributed by atoms with van der Waals surface area (Å²) < 4.78 is 6.10. The topological polar surface area (TPSA) is 67.4 Å². The first-order valence-electron chi connectivity index (χ1n) is 8.99. The van der Waals surface area contributed by atoms with E-state index in [2.05, 4.69) is 17.6 Å². The van der Waals surface area contributed by atoms with Crippen LogP contribution in [-0.2, 0) is 0 Å². The number of hydrogen-bond donors (Lipinski definition) is 2. The number of methoxy groups -OCH3 is 1. The monoisotopic (exact) mass is 416 g/mol. The Morgan fingerprint density at radius 2 is 1.96 bits per heavy atom.